The Hall–Kier alpha value is -0.460. The summed E-state index contributed by atoms with van der Waals surface area (Å²) in [6.45, 7) is 3.44. The molecular formula is C14H21BrN2O2. The third kappa shape index (κ3) is 4.54. The van der Waals surface area contributed by atoms with Crippen molar-refractivity contribution in [3.63, 3.8) is 0 Å². The molecule has 1 heterocycles. The predicted octanol–water partition coefficient (Wildman–Crippen LogP) is 1.53. The summed E-state index contributed by atoms with van der Waals surface area (Å²) in [7, 11) is 0. The fourth-order valence-electron chi connectivity index (χ4n) is 2.29. The smallest absolute Gasteiger partial charge is 0.0932 e. The van der Waals surface area contributed by atoms with E-state index < -0.39 is 0 Å². The molecule has 0 spiro atoms. The van der Waals surface area contributed by atoms with Crippen molar-refractivity contribution in [3.05, 3.63) is 34.3 Å². The van der Waals surface area contributed by atoms with Crippen molar-refractivity contribution in [3.8, 4) is 0 Å². The maximum atomic E-state index is 9.11. The number of hydrogen-bond acceptors (Lipinski definition) is 4. The van der Waals surface area contributed by atoms with Crippen LogP contribution in [0.15, 0.2) is 28.7 Å². The summed E-state index contributed by atoms with van der Waals surface area (Å²) in [6, 6.07) is 8.22. The van der Waals surface area contributed by atoms with Gasteiger partial charge in [-0.3, -0.25) is 4.90 Å². The van der Waals surface area contributed by atoms with E-state index in [4.69, 9.17) is 15.6 Å². The van der Waals surface area contributed by atoms with Crippen LogP contribution in [0.1, 0.15) is 18.0 Å². The van der Waals surface area contributed by atoms with Crippen molar-refractivity contribution >= 4 is 15.9 Å². The molecule has 2 atom stereocenters. The Labute approximate surface area is 122 Å². The predicted molar refractivity (Wildman–Crippen MR) is 79.0 cm³/mol. The number of halogens is 1. The van der Waals surface area contributed by atoms with Gasteiger partial charge in [0.15, 0.2) is 0 Å². The number of nitrogens with two attached hydrogens (primary N) is 1. The number of ether oxygens (including phenoxy) is 1. The quantitative estimate of drug-likeness (QED) is 0.860. The number of hydrogen-bond donors (Lipinski definition) is 2. The zero-order valence-corrected chi connectivity index (χ0v) is 12.6. The number of aliphatic hydroxyl groups excluding tert-OH is 1. The van der Waals surface area contributed by atoms with E-state index in [0.29, 0.717) is 6.61 Å². The van der Waals surface area contributed by atoms with Crippen LogP contribution in [0.3, 0.4) is 0 Å². The van der Waals surface area contributed by atoms with Crippen molar-refractivity contribution < 1.29 is 9.84 Å². The molecule has 0 saturated carbocycles. The molecule has 0 radical (unpaired) electrons. The summed E-state index contributed by atoms with van der Waals surface area (Å²) >= 11 is 3.42. The van der Waals surface area contributed by atoms with E-state index in [0.717, 1.165) is 36.1 Å². The van der Waals surface area contributed by atoms with Gasteiger partial charge in [0.25, 0.3) is 0 Å². The lowest BCUT2D eigenvalue weighted by atomic mass is 10.0. The minimum atomic E-state index is -0.0438. The van der Waals surface area contributed by atoms with E-state index in [-0.39, 0.29) is 18.8 Å². The van der Waals surface area contributed by atoms with Crippen molar-refractivity contribution in [1.29, 1.82) is 0 Å². The summed E-state index contributed by atoms with van der Waals surface area (Å²) in [4.78, 5) is 2.31. The van der Waals surface area contributed by atoms with E-state index in [1.165, 1.54) is 0 Å². The zero-order chi connectivity index (χ0) is 13.7. The molecule has 0 bridgehead atoms. The first kappa shape index (κ1) is 14.9. The van der Waals surface area contributed by atoms with Crippen LogP contribution in [0.5, 0.6) is 0 Å². The van der Waals surface area contributed by atoms with Gasteiger partial charge in [-0.15, -0.1) is 0 Å². The molecule has 1 fully saturated rings. The average molecular weight is 329 g/mol. The molecule has 0 amide bonds. The second kappa shape index (κ2) is 7.36. The number of benzene rings is 1. The largest absolute Gasteiger partial charge is 0.394 e. The molecule has 1 aromatic rings. The Morgan fingerprint density at radius 1 is 1.42 bits per heavy atom. The average Bonchev–Trinajstić information content (AvgIpc) is 2.46. The molecule has 1 aliphatic rings. The lowest BCUT2D eigenvalue weighted by Crippen LogP contribution is -2.44. The second-order valence-corrected chi connectivity index (χ2v) is 5.84. The van der Waals surface area contributed by atoms with E-state index in [1.807, 2.05) is 12.1 Å². The fourth-order valence-corrected chi connectivity index (χ4v) is 2.56. The molecule has 106 valence electrons. The molecule has 5 heteroatoms. The molecule has 3 N–H and O–H groups in total. The summed E-state index contributed by atoms with van der Waals surface area (Å²) in [5.74, 6) is 0. The lowest BCUT2D eigenvalue weighted by molar-refractivity contribution is -0.0531. The number of nitrogens with zero attached hydrogens (tertiary/aromatic N) is 1. The molecule has 1 aromatic carbocycles. The minimum Gasteiger partial charge on any atom is -0.394 e. The van der Waals surface area contributed by atoms with Gasteiger partial charge in [0, 0.05) is 30.1 Å². The second-order valence-electron chi connectivity index (χ2n) is 4.92. The van der Waals surface area contributed by atoms with Crippen molar-refractivity contribution in [2.45, 2.75) is 18.6 Å². The van der Waals surface area contributed by atoms with Crippen LogP contribution in [0.2, 0.25) is 0 Å². The lowest BCUT2D eigenvalue weighted by Gasteiger charge is -2.32. The molecule has 1 aliphatic heterocycles. The molecule has 0 aromatic heterocycles. The third-order valence-corrected chi connectivity index (χ3v) is 4.01. The minimum absolute atomic E-state index is 0.0438. The topological polar surface area (TPSA) is 58.7 Å². The Morgan fingerprint density at radius 2 is 2.16 bits per heavy atom. The normalized spacial score (nSPS) is 22.4. The van der Waals surface area contributed by atoms with Gasteiger partial charge in [-0.2, -0.15) is 0 Å². The van der Waals surface area contributed by atoms with Gasteiger partial charge >= 0.3 is 0 Å². The van der Waals surface area contributed by atoms with Crippen LogP contribution in [0.25, 0.3) is 0 Å². The van der Waals surface area contributed by atoms with Crippen LogP contribution < -0.4 is 5.73 Å². The van der Waals surface area contributed by atoms with Crippen molar-refractivity contribution in [2.75, 3.05) is 32.8 Å². The third-order valence-electron chi connectivity index (χ3n) is 3.48. The first-order valence-corrected chi connectivity index (χ1v) is 7.44. The summed E-state index contributed by atoms with van der Waals surface area (Å²) in [6.07, 6.45) is 0.873. The van der Waals surface area contributed by atoms with Gasteiger partial charge in [-0.1, -0.05) is 28.1 Å². The Kier molecular flexibility index (Phi) is 5.78. The molecule has 4 nitrogen and oxygen atoms in total. The first-order valence-electron chi connectivity index (χ1n) is 6.65. The van der Waals surface area contributed by atoms with Gasteiger partial charge in [0.1, 0.15) is 0 Å². The standard InChI is InChI=1S/C14H21BrN2O2/c15-12-3-1-11(2-4-12)14(16)5-6-17-7-8-19-13(9-17)10-18/h1-4,13-14,18H,5-10,16H2. The van der Waals surface area contributed by atoms with Crippen molar-refractivity contribution in [2.24, 2.45) is 5.73 Å². The molecule has 2 unspecified atom stereocenters. The van der Waals surface area contributed by atoms with E-state index >= 15 is 0 Å². The number of morpholine rings is 1. The molecule has 19 heavy (non-hydrogen) atoms. The van der Waals surface area contributed by atoms with Crippen molar-refractivity contribution in [1.82, 2.24) is 4.90 Å². The number of rotatable bonds is 5. The van der Waals surface area contributed by atoms with Crippen LogP contribution in [0, 0.1) is 0 Å². The first-order chi connectivity index (χ1) is 9.19. The highest BCUT2D eigenvalue weighted by Crippen LogP contribution is 2.18. The van der Waals surface area contributed by atoms with E-state index in [2.05, 4.69) is 33.0 Å². The molecular weight excluding hydrogens is 308 g/mol. The van der Waals surface area contributed by atoms with Gasteiger partial charge in [0.2, 0.25) is 0 Å². The summed E-state index contributed by atoms with van der Waals surface area (Å²) in [5, 5.41) is 9.11. The molecule has 1 saturated heterocycles. The zero-order valence-electron chi connectivity index (χ0n) is 11.0. The van der Waals surface area contributed by atoms with E-state index in [1.54, 1.807) is 0 Å². The highest BCUT2D eigenvalue weighted by molar-refractivity contribution is 9.10. The Balaban J connectivity index is 1.79. The van der Waals surface area contributed by atoms with Crippen LogP contribution in [-0.2, 0) is 4.74 Å². The van der Waals surface area contributed by atoms with Crippen LogP contribution in [-0.4, -0.2) is 49.0 Å². The molecule has 2 rings (SSSR count). The number of aliphatic hydroxyl groups is 1. The van der Waals surface area contributed by atoms with Gasteiger partial charge in [-0.25, -0.2) is 0 Å². The monoisotopic (exact) mass is 328 g/mol. The molecule has 0 aliphatic carbocycles. The SMILES string of the molecule is NC(CCN1CCOC(CO)C1)c1ccc(Br)cc1. The van der Waals surface area contributed by atoms with E-state index in [9.17, 15) is 0 Å². The summed E-state index contributed by atoms with van der Waals surface area (Å²) in [5.41, 5.74) is 7.37. The van der Waals surface area contributed by atoms with Gasteiger partial charge in [-0.05, 0) is 24.1 Å². The van der Waals surface area contributed by atoms with Crippen LogP contribution in [0.4, 0.5) is 0 Å². The highest BCUT2D eigenvalue weighted by Gasteiger charge is 2.20. The van der Waals surface area contributed by atoms with Crippen LogP contribution >= 0.6 is 15.9 Å². The van der Waals surface area contributed by atoms with Gasteiger partial charge in [0.05, 0.1) is 19.3 Å². The summed E-state index contributed by atoms with van der Waals surface area (Å²) < 4.78 is 6.51. The maximum absolute atomic E-state index is 9.11. The Morgan fingerprint density at radius 3 is 2.84 bits per heavy atom. The Bertz CT molecular complexity index is 386. The maximum Gasteiger partial charge on any atom is 0.0932 e. The highest BCUT2D eigenvalue weighted by atomic mass is 79.9. The van der Waals surface area contributed by atoms with Gasteiger partial charge < -0.3 is 15.6 Å². The fraction of sp³-hybridized carbons (Fsp3) is 0.571.